The van der Waals surface area contributed by atoms with Gasteiger partial charge >= 0.3 is 0 Å². The molecule has 2 aromatic rings. The van der Waals surface area contributed by atoms with Gasteiger partial charge in [0.15, 0.2) is 0 Å². The average molecular weight is 374 g/mol. The van der Waals surface area contributed by atoms with E-state index >= 15 is 0 Å². The van der Waals surface area contributed by atoms with Gasteiger partial charge in [-0.15, -0.1) is 10.2 Å². The molecule has 7 nitrogen and oxygen atoms in total. The molecule has 1 atom stereocenters. The Morgan fingerprint density at radius 3 is 2.69 bits per heavy atom. The van der Waals surface area contributed by atoms with Gasteiger partial charge < -0.3 is 10.1 Å². The highest BCUT2D eigenvalue weighted by Crippen LogP contribution is 2.30. The number of ether oxygens (including phenoxy) is 1. The molecule has 1 fully saturated rings. The fourth-order valence-electron chi connectivity index (χ4n) is 2.48. The Kier molecular flexibility index (Phi) is 5.51. The van der Waals surface area contributed by atoms with Gasteiger partial charge in [-0.25, -0.2) is 0 Å². The minimum Gasteiger partial charge on any atom is -0.497 e. The quantitative estimate of drug-likeness (QED) is 0.777. The van der Waals surface area contributed by atoms with Crippen LogP contribution in [0.15, 0.2) is 24.3 Å². The van der Waals surface area contributed by atoms with Crippen LogP contribution >= 0.6 is 11.3 Å². The Balaban J connectivity index is 1.68. The summed E-state index contributed by atoms with van der Waals surface area (Å²) >= 11 is 1.28. The summed E-state index contributed by atoms with van der Waals surface area (Å²) in [5.74, 6) is 0.440. The van der Waals surface area contributed by atoms with Gasteiger partial charge in [0.25, 0.3) is 0 Å². The van der Waals surface area contributed by atoms with Crippen molar-refractivity contribution in [2.45, 2.75) is 32.7 Å². The lowest BCUT2D eigenvalue weighted by Gasteiger charge is -2.20. The third-order valence-electron chi connectivity index (χ3n) is 4.17. The largest absolute Gasteiger partial charge is 0.497 e. The van der Waals surface area contributed by atoms with Crippen molar-refractivity contribution in [2.24, 2.45) is 11.8 Å². The molecule has 0 saturated heterocycles. The Bertz CT molecular complexity index is 801. The molecule has 2 amide bonds. The molecular weight excluding hydrogens is 352 g/mol. The number of nitrogens with one attached hydrogen (secondary N) is 2. The van der Waals surface area contributed by atoms with Gasteiger partial charge in [0.05, 0.1) is 7.11 Å². The van der Waals surface area contributed by atoms with Gasteiger partial charge in [0.1, 0.15) is 16.8 Å². The van der Waals surface area contributed by atoms with Gasteiger partial charge in [0.2, 0.25) is 16.9 Å². The van der Waals surface area contributed by atoms with E-state index in [-0.39, 0.29) is 23.7 Å². The number of carbonyl (C=O) groups is 2. The van der Waals surface area contributed by atoms with Crippen molar-refractivity contribution < 1.29 is 14.3 Å². The zero-order valence-electron chi connectivity index (χ0n) is 15.0. The van der Waals surface area contributed by atoms with E-state index in [1.54, 1.807) is 7.11 Å². The van der Waals surface area contributed by atoms with E-state index in [1.807, 2.05) is 38.1 Å². The summed E-state index contributed by atoms with van der Waals surface area (Å²) < 4.78 is 5.21. The molecule has 0 radical (unpaired) electrons. The van der Waals surface area contributed by atoms with Gasteiger partial charge in [-0.3, -0.25) is 14.9 Å². The molecular formula is C18H22N4O3S. The van der Waals surface area contributed by atoms with Crippen molar-refractivity contribution in [1.29, 1.82) is 0 Å². The lowest BCUT2D eigenvalue weighted by molar-refractivity contribution is -0.128. The zero-order chi connectivity index (χ0) is 18.7. The van der Waals surface area contributed by atoms with Crippen LogP contribution < -0.4 is 15.4 Å². The lowest BCUT2D eigenvalue weighted by Crippen LogP contribution is -2.47. The average Bonchev–Trinajstić information content (AvgIpc) is 3.38. The smallest absolute Gasteiger partial charge is 0.249 e. The maximum absolute atomic E-state index is 12.6. The van der Waals surface area contributed by atoms with Crippen molar-refractivity contribution in [3.63, 3.8) is 0 Å². The monoisotopic (exact) mass is 374 g/mol. The van der Waals surface area contributed by atoms with E-state index in [0.29, 0.717) is 10.1 Å². The summed E-state index contributed by atoms with van der Waals surface area (Å²) in [5.41, 5.74) is 0.866. The zero-order valence-corrected chi connectivity index (χ0v) is 15.8. The molecule has 0 spiro atoms. The Morgan fingerprint density at radius 2 is 2.04 bits per heavy atom. The van der Waals surface area contributed by atoms with Crippen LogP contribution in [0.3, 0.4) is 0 Å². The molecule has 1 unspecified atom stereocenters. The molecule has 0 bridgehead atoms. The third kappa shape index (κ3) is 4.37. The standard InChI is InChI=1S/C18H22N4O3S/c1-10(2)14(19-15(23)11-7-8-11)16(24)20-18-22-21-17(26-18)12-5-4-6-13(9-12)25-3/h4-6,9-11,14H,7-8H2,1-3H3,(H,19,23)(H,20,22,24). The summed E-state index contributed by atoms with van der Waals surface area (Å²) in [6, 6.07) is 6.89. The lowest BCUT2D eigenvalue weighted by atomic mass is 10.0. The fourth-order valence-corrected chi connectivity index (χ4v) is 3.22. The van der Waals surface area contributed by atoms with Crippen LogP contribution in [0.4, 0.5) is 5.13 Å². The van der Waals surface area contributed by atoms with Crippen molar-refractivity contribution in [3.8, 4) is 16.3 Å². The predicted octanol–water partition coefficient (Wildman–Crippen LogP) is 2.70. The minimum atomic E-state index is -0.590. The topological polar surface area (TPSA) is 93.2 Å². The van der Waals surface area contributed by atoms with Crippen molar-refractivity contribution >= 4 is 28.3 Å². The first-order valence-corrected chi connectivity index (χ1v) is 9.38. The Morgan fingerprint density at radius 1 is 1.27 bits per heavy atom. The third-order valence-corrected chi connectivity index (χ3v) is 5.05. The van der Waals surface area contributed by atoms with Crippen LogP contribution in [0.2, 0.25) is 0 Å². The van der Waals surface area contributed by atoms with E-state index in [1.165, 1.54) is 11.3 Å². The van der Waals surface area contributed by atoms with Gasteiger partial charge in [-0.2, -0.15) is 0 Å². The van der Waals surface area contributed by atoms with Crippen molar-refractivity contribution in [1.82, 2.24) is 15.5 Å². The fraction of sp³-hybridized carbons (Fsp3) is 0.444. The second-order valence-corrected chi connectivity index (χ2v) is 7.62. The first kappa shape index (κ1) is 18.3. The molecule has 26 heavy (non-hydrogen) atoms. The molecule has 1 aliphatic carbocycles. The normalized spacial score (nSPS) is 14.8. The van der Waals surface area contributed by atoms with Gasteiger partial charge in [0, 0.05) is 11.5 Å². The summed E-state index contributed by atoms with van der Waals surface area (Å²) in [7, 11) is 1.60. The van der Waals surface area contributed by atoms with Gasteiger partial charge in [-0.1, -0.05) is 37.3 Å². The first-order valence-electron chi connectivity index (χ1n) is 8.57. The molecule has 1 aromatic heterocycles. The number of carbonyl (C=O) groups excluding carboxylic acids is 2. The number of hydrogen-bond donors (Lipinski definition) is 2. The number of anilines is 1. The number of benzene rings is 1. The minimum absolute atomic E-state index is 0.0246. The van der Waals surface area contributed by atoms with Crippen LogP contribution in [0.5, 0.6) is 5.75 Å². The van der Waals surface area contributed by atoms with Crippen LogP contribution in [0.1, 0.15) is 26.7 Å². The number of rotatable bonds is 7. The molecule has 2 N–H and O–H groups in total. The van der Waals surface area contributed by atoms with Crippen LogP contribution in [0, 0.1) is 11.8 Å². The van der Waals surface area contributed by atoms with Crippen LogP contribution in [-0.2, 0) is 9.59 Å². The summed E-state index contributed by atoms with van der Waals surface area (Å²) in [6.07, 6.45) is 1.80. The summed E-state index contributed by atoms with van der Waals surface area (Å²) in [4.78, 5) is 24.6. The first-order chi connectivity index (χ1) is 12.5. The van der Waals surface area contributed by atoms with Crippen LogP contribution in [0.25, 0.3) is 10.6 Å². The molecule has 1 heterocycles. The molecule has 1 aliphatic rings. The van der Waals surface area contributed by atoms with E-state index < -0.39 is 6.04 Å². The highest BCUT2D eigenvalue weighted by Gasteiger charge is 2.33. The highest BCUT2D eigenvalue weighted by molar-refractivity contribution is 7.18. The summed E-state index contributed by atoms with van der Waals surface area (Å²) in [6.45, 7) is 3.80. The molecule has 8 heteroatoms. The van der Waals surface area contributed by atoms with Crippen molar-refractivity contribution in [3.05, 3.63) is 24.3 Å². The Labute approximate surface area is 156 Å². The maximum atomic E-state index is 12.6. The number of amides is 2. The van der Waals surface area contributed by atoms with Gasteiger partial charge in [-0.05, 0) is 30.9 Å². The van der Waals surface area contributed by atoms with Crippen LogP contribution in [-0.4, -0.2) is 35.2 Å². The van der Waals surface area contributed by atoms with Crippen molar-refractivity contribution in [2.75, 3.05) is 12.4 Å². The SMILES string of the molecule is COc1cccc(-c2nnc(NC(=O)C(NC(=O)C3CC3)C(C)C)s2)c1. The molecule has 0 aliphatic heterocycles. The highest BCUT2D eigenvalue weighted by atomic mass is 32.1. The molecule has 3 rings (SSSR count). The molecule has 1 saturated carbocycles. The second-order valence-electron chi connectivity index (χ2n) is 6.64. The number of hydrogen-bond acceptors (Lipinski definition) is 6. The Hall–Kier alpha value is -2.48. The van der Waals surface area contributed by atoms with E-state index in [9.17, 15) is 9.59 Å². The number of nitrogens with zero attached hydrogens (tertiary/aromatic N) is 2. The summed E-state index contributed by atoms with van der Waals surface area (Å²) in [5, 5.41) is 14.9. The maximum Gasteiger partial charge on any atom is 0.249 e. The number of methoxy groups -OCH3 is 1. The second kappa shape index (κ2) is 7.82. The molecule has 1 aromatic carbocycles. The van der Waals surface area contributed by atoms with E-state index in [2.05, 4.69) is 20.8 Å². The predicted molar refractivity (Wildman–Crippen MR) is 100 cm³/mol. The molecule has 138 valence electrons. The van der Waals surface area contributed by atoms with E-state index in [4.69, 9.17) is 4.74 Å². The number of aromatic nitrogens is 2. The van der Waals surface area contributed by atoms with E-state index in [0.717, 1.165) is 24.2 Å².